The van der Waals surface area contributed by atoms with Gasteiger partial charge < -0.3 is 0 Å². The zero-order valence-corrected chi connectivity index (χ0v) is 19.7. The van der Waals surface area contributed by atoms with Gasteiger partial charge in [0.2, 0.25) is 10.0 Å². The first kappa shape index (κ1) is 21.1. The lowest BCUT2D eigenvalue weighted by molar-refractivity contribution is 0.102. The third-order valence-corrected chi connectivity index (χ3v) is 9.06. The molecule has 4 aromatic rings. The molecule has 5 rings (SSSR count). The van der Waals surface area contributed by atoms with Gasteiger partial charge in [-0.3, -0.25) is 10.1 Å². The summed E-state index contributed by atoms with van der Waals surface area (Å²) in [5.74, 6) is -0.317. The Morgan fingerprint density at radius 1 is 1.09 bits per heavy atom. The van der Waals surface area contributed by atoms with E-state index in [4.69, 9.17) is 4.98 Å². The third-order valence-electron chi connectivity index (χ3n) is 6.09. The fraction of sp³-hybridized carbons (Fsp3) is 0.250. The second-order valence-electron chi connectivity index (χ2n) is 8.33. The molecule has 1 heterocycles. The summed E-state index contributed by atoms with van der Waals surface area (Å²) in [6.07, 6.45) is 2.10. The molecular formula is C24H23N3O3S2. The largest absolute Gasteiger partial charge is 0.298 e. The number of aryl methyl sites for hydroxylation is 2. The summed E-state index contributed by atoms with van der Waals surface area (Å²) >= 11 is 1.46. The van der Waals surface area contributed by atoms with E-state index >= 15 is 0 Å². The Morgan fingerprint density at radius 2 is 1.81 bits per heavy atom. The van der Waals surface area contributed by atoms with Crippen molar-refractivity contribution in [2.75, 3.05) is 12.4 Å². The average molecular weight is 466 g/mol. The van der Waals surface area contributed by atoms with Gasteiger partial charge in [0.05, 0.1) is 15.1 Å². The van der Waals surface area contributed by atoms with Crippen LogP contribution in [-0.4, -0.2) is 36.7 Å². The number of sulfonamides is 1. The van der Waals surface area contributed by atoms with E-state index in [1.807, 2.05) is 13.8 Å². The van der Waals surface area contributed by atoms with Crippen LogP contribution in [0.25, 0.3) is 21.0 Å². The Morgan fingerprint density at radius 3 is 2.53 bits per heavy atom. The van der Waals surface area contributed by atoms with Crippen LogP contribution >= 0.6 is 11.3 Å². The Bertz CT molecular complexity index is 1470. The number of rotatable bonds is 5. The fourth-order valence-electron chi connectivity index (χ4n) is 4.15. The van der Waals surface area contributed by atoms with Crippen LogP contribution in [0.3, 0.4) is 0 Å². The van der Waals surface area contributed by atoms with Gasteiger partial charge in [0, 0.05) is 24.0 Å². The van der Waals surface area contributed by atoms with Crippen molar-refractivity contribution in [2.45, 2.75) is 37.6 Å². The van der Waals surface area contributed by atoms with Gasteiger partial charge in [-0.1, -0.05) is 29.5 Å². The van der Waals surface area contributed by atoms with Crippen molar-refractivity contribution in [1.29, 1.82) is 0 Å². The minimum Gasteiger partial charge on any atom is -0.298 e. The third kappa shape index (κ3) is 3.39. The first-order valence-electron chi connectivity index (χ1n) is 10.5. The maximum Gasteiger partial charge on any atom is 0.257 e. The van der Waals surface area contributed by atoms with E-state index < -0.39 is 10.0 Å². The molecule has 0 radical (unpaired) electrons. The summed E-state index contributed by atoms with van der Waals surface area (Å²) in [5, 5.41) is 5.84. The maximum absolute atomic E-state index is 12.8. The summed E-state index contributed by atoms with van der Waals surface area (Å²) in [6, 6.07) is 14.3. The molecule has 0 unspecified atom stereocenters. The molecule has 0 fully saturated rings. The van der Waals surface area contributed by atoms with Crippen LogP contribution in [0.1, 0.15) is 35.3 Å². The molecule has 1 aliphatic carbocycles. The highest BCUT2D eigenvalue weighted by Gasteiger charge is 2.23. The molecule has 164 valence electrons. The lowest BCUT2D eigenvalue weighted by Gasteiger charge is -2.20. The van der Waals surface area contributed by atoms with Crippen molar-refractivity contribution in [3.05, 3.63) is 65.2 Å². The highest BCUT2D eigenvalue weighted by molar-refractivity contribution is 7.89. The molecule has 32 heavy (non-hydrogen) atoms. The molecule has 1 N–H and O–H groups in total. The molecule has 8 heteroatoms. The zero-order valence-electron chi connectivity index (χ0n) is 18.0. The van der Waals surface area contributed by atoms with Gasteiger partial charge in [0.15, 0.2) is 5.13 Å². The quantitative estimate of drug-likeness (QED) is 0.458. The van der Waals surface area contributed by atoms with Crippen LogP contribution in [-0.2, 0) is 22.9 Å². The molecule has 0 bridgehead atoms. The lowest BCUT2D eigenvalue weighted by Crippen LogP contribution is -2.33. The van der Waals surface area contributed by atoms with E-state index in [0.717, 1.165) is 28.4 Å². The van der Waals surface area contributed by atoms with E-state index in [9.17, 15) is 13.2 Å². The second-order valence-corrected chi connectivity index (χ2v) is 11.4. The fourth-order valence-corrected chi connectivity index (χ4v) is 6.46. The van der Waals surface area contributed by atoms with Gasteiger partial charge in [-0.2, -0.15) is 4.31 Å². The van der Waals surface area contributed by atoms with Crippen molar-refractivity contribution in [3.8, 4) is 0 Å². The number of nitrogens with zero attached hydrogens (tertiary/aromatic N) is 2. The average Bonchev–Trinajstić information content (AvgIpc) is 3.38. The Balaban J connectivity index is 1.42. The molecule has 0 aliphatic heterocycles. The summed E-state index contributed by atoms with van der Waals surface area (Å²) in [5.41, 5.74) is 3.99. The van der Waals surface area contributed by atoms with Crippen molar-refractivity contribution in [1.82, 2.24) is 9.29 Å². The van der Waals surface area contributed by atoms with Crippen molar-refractivity contribution in [3.63, 3.8) is 0 Å². The Labute approximate surface area is 190 Å². The molecule has 3 aromatic carbocycles. The van der Waals surface area contributed by atoms with Gasteiger partial charge in [-0.15, -0.1) is 0 Å². The number of benzene rings is 3. The number of amides is 1. The van der Waals surface area contributed by atoms with E-state index in [-0.39, 0.29) is 16.8 Å². The Hall–Kier alpha value is -2.81. The van der Waals surface area contributed by atoms with Gasteiger partial charge >= 0.3 is 0 Å². The summed E-state index contributed by atoms with van der Waals surface area (Å²) < 4.78 is 27.6. The summed E-state index contributed by atoms with van der Waals surface area (Å²) in [4.78, 5) is 17.6. The number of nitrogens with one attached hydrogen (secondary N) is 1. The van der Waals surface area contributed by atoms with Crippen LogP contribution in [0.5, 0.6) is 0 Å². The SMILES string of the molecule is CC(C)N(C)S(=O)(=O)c1ccc(C(=O)Nc2nc3c(cc4c5c(cccc53)CC4)s2)cc1. The van der Waals surface area contributed by atoms with Gasteiger partial charge in [-0.25, -0.2) is 13.4 Å². The number of carbonyl (C=O) groups excluding carboxylic acids is 1. The van der Waals surface area contributed by atoms with E-state index in [1.54, 1.807) is 7.05 Å². The number of aromatic nitrogens is 1. The molecule has 0 saturated carbocycles. The van der Waals surface area contributed by atoms with Crippen molar-refractivity contribution >= 4 is 53.4 Å². The number of anilines is 1. The van der Waals surface area contributed by atoms with Crippen LogP contribution in [0.2, 0.25) is 0 Å². The van der Waals surface area contributed by atoms with Crippen LogP contribution in [0.4, 0.5) is 5.13 Å². The number of fused-ring (bicyclic) bond motifs is 2. The summed E-state index contributed by atoms with van der Waals surface area (Å²) in [7, 11) is -2.04. The van der Waals surface area contributed by atoms with Crippen LogP contribution < -0.4 is 5.32 Å². The molecular weight excluding hydrogens is 442 g/mol. The number of hydrogen-bond acceptors (Lipinski definition) is 5. The predicted molar refractivity (Wildman–Crippen MR) is 129 cm³/mol. The zero-order chi connectivity index (χ0) is 22.6. The van der Waals surface area contributed by atoms with E-state index in [1.165, 1.54) is 56.4 Å². The van der Waals surface area contributed by atoms with Crippen LogP contribution in [0, 0.1) is 0 Å². The molecule has 1 aliphatic rings. The smallest absolute Gasteiger partial charge is 0.257 e. The molecule has 0 atom stereocenters. The normalized spacial score (nSPS) is 13.5. The number of carbonyl (C=O) groups is 1. The van der Waals surface area contributed by atoms with Gasteiger partial charge in [0.1, 0.15) is 0 Å². The molecule has 6 nitrogen and oxygen atoms in total. The van der Waals surface area contributed by atoms with Gasteiger partial charge in [0.25, 0.3) is 5.91 Å². The first-order chi connectivity index (χ1) is 15.3. The maximum atomic E-state index is 12.8. The standard InChI is InChI=1S/C24H23N3O3S2/c1-14(2)27(3)32(29,30)18-11-9-16(10-12-18)23(28)26-24-25-22-19-6-4-5-15-7-8-17(21(15)19)13-20(22)31-24/h4-6,9-14H,7-8H2,1-3H3,(H,25,26,28). The molecule has 0 spiro atoms. The van der Waals surface area contributed by atoms with Crippen molar-refractivity contribution < 1.29 is 13.2 Å². The minimum atomic E-state index is -3.59. The van der Waals surface area contributed by atoms with Crippen LogP contribution in [0.15, 0.2) is 53.4 Å². The minimum absolute atomic E-state index is 0.157. The number of thiazole rings is 1. The first-order valence-corrected chi connectivity index (χ1v) is 12.7. The van der Waals surface area contributed by atoms with Gasteiger partial charge in [-0.05, 0) is 73.5 Å². The second kappa shape index (κ2) is 7.65. The summed E-state index contributed by atoms with van der Waals surface area (Å²) in [6.45, 7) is 3.63. The lowest BCUT2D eigenvalue weighted by atomic mass is 10.0. The topological polar surface area (TPSA) is 79.4 Å². The number of hydrogen-bond donors (Lipinski definition) is 1. The highest BCUT2D eigenvalue weighted by Crippen LogP contribution is 2.39. The molecule has 1 amide bonds. The van der Waals surface area contributed by atoms with E-state index in [2.05, 4.69) is 29.6 Å². The predicted octanol–water partition coefficient (Wildman–Crippen LogP) is 4.83. The molecule has 1 aromatic heterocycles. The Kier molecular flexibility index (Phi) is 5.03. The molecule has 0 saturated heterocycles. The van der Waals surface area contributed by atoms with E-state index in [0.29, 0.717) is 10.7 Å². The van der Waals surface area contributed by atoms with Crippen molar-refractivity contribution in [2.24, 2.45) is 0 Å². The highest BCUT2D eigenvalue weighted by atomic mass is 32.2. The monoisotopic (exact) mass is 465 g/mol.